The number of rotatable bonds is 4. The van der Waals surface area contributed by atoms with Crippen molar-refractivity contribution >= 4 is 27.9 Å². The lowest BCUT2D eigenvalue weighted by Crippen LogP contribution is -2.47. The Morgan fingerprint density at radius 3 is 2.58 bits per heavy atom. The fourth-order valence-corrected chi connectivity index (χ4v) is 3.17. The van der Waals surface area contributed by atoms with Gasteiger partial charge in [-0.2, -0.15) is 0 Å². The highest BCUT2D eigenvalue weighted by Gasteiger charge is 2.19. The number of pyridine rings is 1. The summed E-state index contributed by atoms with van der Waals surface area (Å²) in [4.78, 5) is 20.7. The Balaban J connectivity index is 1.50. The highest BCUT2D eigenvalue weighted by molar-refractivity contribution is 9.10. The summed E-state index contributed by atoms with van der Waals surface area (Å²) in [5.41, 5.74) is 2.29. The number of carbonyl (C=O) groups excluding carboxylic acids is 1. The van der Waals surface area contributed by atoms with Crippen molar-refractivity contribution in [2.75, 3.05) is 26.2 Å². The van der Waals surface area contributed by atoms with Crippen molar-refractivity contribution in [1.29, 1.82) is 0 Å². The Morgan fingerprint density at radius 2 is 1.88 bits per heavy atom. The quantitative estimate of drug-likeness (QED) is 0.758. The molecule has 3 rings (SSSR count). The molecule has 0 bridgehead atoms. The molecule has 2 heterocycles. The lowest BCUT2D eigenvalue weighted by molar-refractivity contribution is -0.127. The molecule has 124 valence electrons. The molecular formula is C19H20BrN3O. The smallest absolute Gasteiger partial charge is 0.246 e. The van der Waals surface area contributed by atoms with E-state index in [2.05, 4.69) is 25.8 Å². The third kappa shape index (κ3) is 4.76. The summed E-state index contributed by atoms with van der Waals surface area (Å²) in [6.45, 7) is 4.26. The topological polar surface area (TPSA) is 36.4 Å². The van der Waals surface area contributed by atoms with Gasteiger partial charge in [0.05, 0.1) is 0 Å². The van der Waals surface area contributed by atoms with Gasteiger partial charge in [-0.15, -0.1) is 0 Å². The van der Waals surface area contributed by atoms with Crippen molar-refractivity contribution in [2.24, 2.45) is 0 Å². The van der Waals surface area contributed by atoms with Crippen LogP contribution < -0.4 is 0 Å². The maximum Gasteiger partial charge on any atom is 0.246 e. The number of hydrogen-bond donors (Lipinski definition) is 0. The first-order valence-electron chi connectivity index (χ1n) is 8.04. The van der Waals surface area contributed by atoms with E-state index in [0.29, 0.717) is 0 Å². The molecule has 1 saturated heterocycles. The van der Waals surface area contributed by atoms with Crippen LogP contribution in [0.15, 0.2) is 59.3 Å². The molecule has 1 aliphatic heterocycles. The Morgan fingerprint density at radius 1 is 1.12 bits per heavy atom. The molecule has 0 aliphatic carbocycles. The van der Waals surface area contributed by atoms with Crippen LogP contribution in [-0.2, 0) is 11.3 Å². The highest BCUT2D eigenvalue weighted by atomic mass is 79.9. The fraction of sp³-hybridized carbons (Fsp3) is 0.263. The molecule has 0 spiro atoms. The average molecular weight is 386 g/mol. The van der Waals surface area contributed by atoms with Crippen molar-refractivity contribution in [3.05, 3.63) is 70.5 Å². The summed E-state index contributed by atoms with van der Waals surface area (Å²) in [6, 6.07) is 12.0. The number of piperazine rings is 1. The minimum absolute atomic E-state index is 0.0820. The van der Waals surface area contributed by atoms with Crippen molar-refractivity contribution in [3.8, 4) is 0 Å². The third-order valence-electron chi connectivity index (χ3n) is 4.11. The van der Waals surface area contributed by atoms with Gasteiger partial charge in [0.15, 0.2) is 0 Å². The number of hydrogen-bond acceptors (Lipinski definition) is 3. The molecule has 0 saturated carbocycles. The first-order chi connectivity index (χ1) is 11.7. The van der Waals surface area contributed by atoms with E-state index in [4.69, 9.17) is 0 Å². The Labute approximate surface area is 150 Å². The van der Waals surface area contributed by atoms with Crippen LogP contribution in [0.3, 0.4) is 0 Å². The van der Waals surface area contributed by atoms with Gasteiger partial charge in [0, 0.05) is 55.7 Å². The molecule has 1 aromatic carbocycles. The van der Waals surface area contributed by atoms with E-state index in [1.165, 1.54) is 5.56 Å². The predicted molar refractivity (Wildman–Crippen MR) is 99.3 cm³/mol. The summed E-state index contributed by atoms with van der Waals surface area (Å²) >= 11 is 3.44. The summed E-state index contributed by atoms with van der Waals surface area (Å²) < 4.78 is 1.02. The lowest BCUT2D eigenvalue weighted by atomic mass is 10.2. The molecule has 1 aromatic heterocycles. The van der Waals surface area contributed by atoms with Crippen LogP contribution in [-0.4, -0.2) is 46.9 Å². The summed E-state index contributed by atoms with van der Waals surface area (Å²) in [7, 11) is 0. The SMILES string of the molecule is O=C(/C=C/c1cccc(Br)c1)N1CCN(Cc2ccncc2)CC1. The van der Waals surface area contributed by atoms with Gasteiger partial charge in [-0.05, 0) is 41.5 Å². The van der Waals surface area contributed by atoms with Crippen molar-refractivity contribution < 1.29 is 4.79 Å². The van der Waals surface area contributed by atoms with Crippen LogP contribution in [0.5, 0.6) is 0 Å². The van der Waals surface area contributed by atoms with Gasteiger partial charge in [-0.1, -0.05) is 28.1 Å². The largest absolute Gasteiger partial charge is 0.337 e. The minimum atomic E-state index is 0.0820. The third-order valence-corrected chi connectivity index (χ3v) is 4.60. The zero-order chi connectivity index (χ0) is 16.8. The molecular weight excluding hydrogens is 366 g/mol. The van der Waals surface area contributed by atoms with Crippen LogP contribution in [0.25, 0.3) is 6.08 Å². The first kappa shape index (κ1) is 16.9. The number of nitrogens with zero attached hydrogens (tertiary/aromatic N) is 3. The van der Waals surface area contributed by atoms with Crippen LogP contribution in [0.1, 0.15) is 11.1 Å². The summed E-state index contributed by atoms with van der Waals surface area (Å²) in [5.74, 6) is 0.0820. The molecule has 0 radical (unpaired) electrons. The van der Waals surface area contributed by atoms with Gasteiger partial charge in [0.2, 0.25) is 5.91 Å². The summed E-state index contributed by atoms with van der Waals surface area (Å²) in [5, 5.41) is 0. The molecule has 0 N–H and O–H groups in total. The van der Waals surface area contributed by atoms with E-state index in [1.54, 1.807) is 6.08 Å². The predicted octanol–water partition coefficient (Wildman–Crippen LogP) is 3.20. The van der Waals surface area contributed by atoms with Gasteiger partial charge in [-0.3, -0.25) is 14.7 Å². The second-order valence-electron chi connectivity index (χ2n) is 5.85. The molecule has 1 aliphatic rings. The van der Waals surface area contributed by atoms with Crippen LogP contribution in [0.4, 0.5) is 0 Å². The molecule has 5 heteroatoms. The van der Waals surface area contributed by atoms with Crippen molar-refractivity contribution in [1.82, 2.24) is 14.8 Å². The van der Waals surface area contributed by atoms with E-state index in [-0.39, 0.29) is 5.91 Å². The van der Waals surface area contributed by atoms with Crippen LogP contribution >= 0.6 is 15.9 Å². The maximum absolute atomic E-state index is 12.3. The normalized spacial score (nSPS) is 15.8. The minimum Gasteiger partial charge on any atom is -0.337 e. The van der Waals surface area contributed by atoms with Gasteiger partial charge in [-0.25, -0.2) is 0 Å². The van der Waals surface area contributed by atoms with E-state index >= 15 is 0 Å². The Bertz CT molecular complexity index is 710. The maximum atomic E-state index is 12.3. The standard InChI is InChI=1S/C19H20BrN3O/c20-18-3-1-2-16(14-18)4-5-19(24)23-12-10-22(11-13-23)15-17-6-8-21-9-7-17/h1-9,14H,10-13,15H2/b5-4+. The Hall–Kier alpha value is -1.98. The number of amides is 1. The second-order valence-corrected chi connectivity index (χ2v) is 6.76. The monoisotopic (exact) mass is 385 g/mol. The molecule has 0 unspecified atom stereocenters. The van der Waals surface area contributed by atoms with Gasteiger partial charge in [0.1, 0.15) is 0 Å². The van der Waals surface area contributed by atoms with E-state index < -0.39 is 0 Å². The van der Waals surface area contributed by atoms with E-state index in [9.17, 15) is 4.79 Å². The van der Waals surface area contributed by atoms with Gasteiger partial charge in [0.25, 0.3) is 0 Å². The van der Waals surface area contributed by atoms with Crippen molar-refractivity contribution in [3.63, 3.8) is 0 Å². The number of aromatic nitrogens is 1. The van der Waals surface area contributed by atoms with E-state index in [1.807, 2.05) is 59.8 Å². The molecule has 1 fully saturated rings. The average Bonchev–Trinajstić information content (AvgIpc) is 2.61. The van der Waals surface area contributed by atoms with Gasteiger partial charge < -0.3 is 4.90 Å². The molecule has 4 nitrogen and oxygen atoms in total. The number of halogens is 1. The van der Waals surface area contributed by atoms with Crippen LogP contribution in [0.2, 0.25) is 0 Å². The molecule has 1 amide bonds. The zero-order valence-corrected chi connectivity index (χ0v) is 15.0. The van der Waals surface area contributed by atoms with E-state index in [0.717, 1.165) is 42.8 Å². The Kier molecular flexibility index (Phi) is 5.77. The highest BCUT2D eigenvalue weighted by Crippen LogP contribution is 2.13. The van der Waals surface area contributed by atoms with Crippen LogP contribution in [0, 0.1) is 0 Å². The number of benzene rings is 1. The lowest BCUT2D eigenvalue weighted by Gasteiger charge is -2.34. The molecule has 24 heavy (non-hydrogen) atoms. The number of carbonyl (C=O) groups is 1. The summed E-state index contributed by atoms with van der Waals surface area (Å²) in [6.07, 6.45) is 7.18. The fourth-order valence-electron chi connectivity index (χ4n) is 2.76. The second kappa shape index (κ2) is 8.22. The van der Waals surface area contributed by atoms with Gasteiger partial charge >= 0.3 is 0 Å². The molecule has 2 aromatic rings. The zero-order valence-electron chi connectivity index (χ0n) is 13.4. The molecule has 0 atom stereocenters. The first-order valence-corrected chi connectivity index (χ1v) is 8.84. The van der Waals surface area contributed by atoms with Crippen molar-refractivity contribution in [2.45, 2.75) is 6.54 Å².